The number of carbonyl (C=O) groups excluding carboxylic acids is 1. The minimum atomic E-state index is -0.961. The molecular formula is C13H25O2-. The first kappa shape index (κ1) is 14.5. The van der Waals surface area contributed by atoms with Crippen LogP contribution in [0.25, 0.3) is 0 Å². The summed E-state index contributed by atoms with van der Waals surface area (Å²) >= 11 is 0. The van der Waals surface area contributed by atoms with E-state index in [2.05, 4.69) is 20.8 Å². The molecule has 0 atom stereocenters. The van der Waals surface area contributed by atoms with Crippen molar-refractivity contribution in [3.05, 3.63) is 0 Å². The smallest absolute Gasteiger partial charge is 0.0476 e. The second-order valence-corrected chi connectivity index (χ2v) is 6.17. The molecule has 0 unspecified atom stereocenters. The van der Waals surface area contributed by atoms with Gasteiger partial charge in [-0.1, -0.05) is 54.9 Å². The van der Waals surface area contributed by atoms with Gasteiger partial charge in [0.1, 0.15) is 0 Å². The molecule has 0 N–H and O–H groups in total. The lowest BCUT2D eigenvalue weighted by Gasteiger charge is -2.52. The van der Waals surface area contributed by atoms with Crippen molar-refractivity contribution in [2.24, 2.45) is 16.2 Å². The minimum absolute atomic E-state index is 0.00861. The molecule has 0 aromatic carbocycles. The van der Waals surface area contributed by atoms with E-state index in [9.17, 15) is 9.90 Å². The number of rotatable bonds is 5. The largest absolute Gasteiger partial charge is 0.550 e. The molecule has 2 nitrogen and oxygen atoms in total. The summed E-state index contributed by atoms with van der Waals surface area (Å²) in [7, 11) is 0. The summed E-state index contributed by atoms with van der Waals surface area (Å²) in [6.45, 7) is 14.0. The van der Waals surface area contributed by atoms with Crippen molar-refractivity contribution in [1.29, 1.82) is 0 Å². The summed E-state index contributed by atoms with van der Waals surface area (Å²) in [5, 5.41) is 11.2. The highest BCUT2D eigenvalue weighted by Crippen LogP contribution is 2.53. The maximum Gasteiger partial charge on any atom is 0.0476 e. The average Bonchev–Trinajstić information content (AvgIpc) is 2.02. The Labute approximate surface area is 94.1 Å². The Morgan fingerprint density at radius 3 is 1.73 bits per heavy atom. The van der Waals surface area contributed by atoms with Crippen LogP contribution < -0.4 is 5.11 Å². The summed E-state index contributed by atoms with van der Waals surface area (Å²) in [5.41, 5.74) is -1.12. The molecular weight excluding hydrogens is 188 g/mol. The van der Waals surface area contributed by atoms with E-state index in [1.165, 1.54) is 0 Å². The van der Waals surface area contributed by atoms with E-state index in [-0.39, 0.29) is 10.8 Å². The molecule has 0 spiro atoms. The molecule has 0 rings (SSSR count). The van der Waals surface area contributed by atoms with Crippen molar-refractivity contribution in [1.82, 2.24) is 0 Å². The molecule has 90 valence electrons. The lowest BCUT2D eigenvalue weighted by molar-refractivity contribution is -0.325. The van der Waals surface area contributed by atoms with Crippen LogP contribution in [0.15, 0.2) is 0 Å². The van der Waals surface area contributed by atoms with Crippen molar-refractivity contribution in [2.45, 2.75) is 61.3 Å². The third-order valence-corrected chi connectivity index (χ3v) is 4.64. The first-order valence-electron chi connectivity index (χ1n) is 5.72. The van der Waals surface area contributed by atoms with Crippen LogP contribution in [0.1, 0.15) is 61.3 Å². The van der Waals surface area contributed by atoms with Gasteiger partial charge in [-0.15, -0.1) is 0 Å². The van der Waals surface area contributed by atoms with E-state index in [1.807, 2.05) is 13.8 Å². The molecule has 0 fully saturated rings. The third kappa shape index (κ3) is 2.35. The highest BCUT2D eigenvalue weighted by Gasteiger charge is 2.47. The predicted octanol–water partition coefficient (Wildman–Crippen LogP) is 2.62. The van der Waals surface area contributed by atoms with Gasteiger partial charge in [-0.3, -0.25) is 0 Å². The summed E-state index contributed by atoms with van der Waals surface area (Å²) < 4.78 is 0. The van der Waals surface area contributed by atoms with Gasteiger partial charge >= 0.3 is 0 Å². The molecule has 0 aliphatic heterocycles. The second-order valence-electron chi connectivity index (χ2n) is 6.17. The first-order chi connectivity index (χ1) is 6.50. The molecule has 0 aromatic heterocycles. The van der Waals surface area contributed by atoms with Gasteiger partial charge in [0.25, 0.3) is 0 Å². The zero-order chi connectivity index (χ0) is 12.5. The van der Waals surface area contributed by atoms with Crippen LogP contribution in [0.3, 0.4) is 0 Å². The van der Waals surface area contributed by atoms with Crippen molar-refractivity contribution in [3.8, 4) is 0 Å². The van der Waals surface area contributed by atoms with E-state index >= 15 is 0 Å². The van der Waals surface area contributed by atoms with Crippen LogP contribution >= 0.6 is 0 Å². The van der Waals surface area contributed by atoms with Crippen molar-refractivity contribution >= 4 is 5.97 Å². The summed E-state index contributed by atoms with van der Waals surface area (Å²) in [4.78, 5) is 11.2. The molecule has 0 aliphatic carbocycles. The molecule has 0 saturated heterocycles. The van der Waals surface area contributed by atoms with Crippen LogP contribution in [0, 0.1) is 16.2 Å². The Bertz CT molecular complexity index is 237. The Kier molecular flexibility index (Phi) is 4.00. The van der Waals surface area contributed by atoms with Gasteiger partial charge in [-0.2, -0.15) is 0 Å². The maximum absolute atomic E-state index is 11.2. The molecule has 2 heteroatoms. The monoisotopic (exact) mass is 213 g/mol. The lowest BCUT2D eigenvalue weighted by atomic mass is 9.53. The summed E-state index contributed by atoms with van der Waals surface area (Å²) in [6, 6.07) is 0. The van der Waals surface area contributed by atoms with E-state index in [0.717, 1.165) is 12.8 Å². The van der Waals surface area contributed by atoms with Crippen LogP contribution in [0.4, 0.5) is 0 Å². The standard InChI is InChI=1S/C13H26O2/c1-8-9-11(2,3)13(6,7)12(4,5)10(14)15/h8-9H2,1-7H3,(H,14,15)/p-1. The van der Waals surface area contributed by atoms with Gasteiger partial charge in [0, 0.05) is 11.4 Å². The van der Waals surface area contributed by atoms with Crippen LogP contribution in [0.2, 0.25) is 0 Å². The maximum atomic E-state index is 11.2. The van der Waals surface area contributed by atoms with E-state index in [1.54, 1.807) is 13.8 Å². The second kappa shape index (κ2) is 4.15. The number of carboxylic acid groups (broad SMARTS) is 1. The summed E-state index contributed by atoms with van der Waals surface area (Å²) in [5.74, 6) is -0.961. The van der Waals surface area contributed by atoms with Gasteiger partial charge in [0.2, 0.25) is 0 Å². The number of hydrogen-bond donors (Lipinski definition) is 0. The topological polar surface area (TPSA) is 40.1 Å². The van der Waals surface area contributed by atoms with E-state index in [0.29, 0.717) is 0 Å². The Balaban J connectivity index is 5.20. The summed E-state index contributed by atoms with van der Waals surface area (Å²) in [6.07, 6.45) is 2.09. The normalized spacial score (nSPS) is 14.1. The molecule has 0 radical (unpaired) electrons. The molecule has 0 aliphatic rings. The quantitative estimate of drug-likeness (QED) is 0.704. The number of carboxylic acids is 1. The molecule has 0 bridgehead atoms. The van der Waals surface area contributed by atoms with Crippen molar-refractivity contribution < 1.29 is 9.90 Å². The predicted molar refractivity (Wildman–Crippen MR) is 61.3 cm³/mol. The fraction of sp³-hybridized carbons (Fsp3) is 0.923. The number of hydrogen-bond acceptors (Lipinski definition) is 2. The molecule has 15 heavy (non-hydrogen) atoms. The Morgan fingerprint density at radius 1 is 1.07 bits per heavy atom. The van der Waals surface area contributed by atoms with E-state index < -0.39 is 11.4 Å². The lowest BCUT2D eigenvalue weighted by Crippen LogP contribution is -2.53. The highest BCUT2D eigenvalue weighted by molar-refractivity contribution is 5.72. The van der Waals surface area contributed by atoms with Gasteiger partial charge in [-0.25, -0.2) is 0 Å². The van der Waals surface area contributed by atoms with Gasteiger partial charge in [0.05, 0.1) is 0 Å². The number of carbonyl (C=O) groups is 1. The number of aliphatic carboxylic acids is 1. The van der Waals surface area contributed by atoms with Crippen molar-refractivity contribution in [3.63, 3.8) is 0 Å². The minimum Gasteiger partial charge on any atom is -0.550 e. The Hall–Kier alpha value is -0.530. The molecule has 0 heterocycles. The first-order valence-corrected chi connectivity index (χ1v) is 5.72. The van der Waals surface area contributed by atoms with Crippen LogP contribution in [0.5, 0.6) is 0 Å². The van der Waals surface area contributed by atoms with Gasteiger partial charge in [0.15, 0.2) is 0 Å². The highest BCUT2D eigenvalue weighted by atomic mass is 16.4. The zero-order valence-corrected chi connectivity index (χ0v) is 11.2. The fourth-order valence-corrected chi connectivity index (χ4v) is 2.04. The molecule has 0 saturated carbocycles. The van der Waals surface area contributed by atoms with E-state index in [4.69, 9.17) is 0 Å². The van der Waals surface area contributed by atoms with Gasteiger partial charge in [-0.05, 0) is 17.3 Å². The molecule has 0 amide bonds. The third-order valence-electron chi connectivity index (χ3n) is 4.64. The van der Waals surface area contributed by atoms with Crippen LogP contribution in [-0.2, 0) is 4.79 Å². The zero-order valence-electron chi connectivity index (χ0n) is 11.2. The van der Waals surface area contributed by atoms with Crippen molar-refractivity contribution in [2.75, 3.05) is 0 Å². The fourth-order valence-electron chi connectivity index (χ4n) is 2.04. The van der Waals surface area contributed by atoms with Crippen LogP contribution in [-0.4, -0.2) is 5.97 Å². The Morgan fingerprint density at radius 2 is 1.47 bits per heavy atom. The SMILES string of the molecule is CCCC(C)(C)C(C)(C)C(C)(C)C(=O)[O-]. The molecule has 0 aromatic rings. The van der Waals surface area contributed by atoms with Gasteiger partial charge < -0.3 is 9.90 Å². The average molecular weight is 213 g/mol.